The Balaban J connectivity index is -0.0000000800. The van der Waals surface area contributed by atoms with Crippen LogP contribution >= 0.6 is 7.91 Å². The average Bonchev–Trinajstić information content (AvgIpc) is 0.722. The summed E-state index contributed by atoms with van der Waals surface area (Å²) in [5, 5.41) is 0. The van der Waals surface area contributed by atoms with Crippen LogP contribution in [0.25, 0.3) is 0 Å². The summed E-state index contributed by atoms with van der Waals surface area (Å²) < 4.78 is 19.0. The van der Waals surface area contributed by atoms with Crippen LogP contribution in [-0.2, 0) is 21.9 Å². The summed E-state index contributed by atoms with van der Waals surface area (Å²) in [6.45, 7) is 0. The van der Waals surface area contributed by atoms with E-state index in [9.17, 15) is 4.20 Å². The normalized spacial score (nSPS) is 8.43. The van der Waals surface area contributed by atoms with E-state index in [1.807, 2.05) is 0 Å². The molecule has 0 radical (unpaired) electrons. The molecule has 0 spiro atoms. The first-order valence-corrected chi connectivity index (χ1v) is 2.25. The third-order valence-electron chi connectivity index (χ3n) is 0. The van der Waals surface area contributed by atoms with Crippen LogP contribution in [0, 0.1) is 0 Å². The summed E-state index contributed by atoms with van der Waals surface area (Å²) in [6.07, 6.45) is 0. The van der Waals surface area contributed by atoms with Crippen LogP contribution in [0.5, 0.6) is 0 Å². The number of halogens is 1. The van der Waals surface area contributed by atoms with Gasteiger partial charge in [0.25, 0.3) is 0 Å². The molecule has 0 aromatic rings. The van der Waals surface area contributed by atoms with Crippen LogP contribution in [0.2, 0.25) is 0 Å². The molecule has 40 valence electrons. The first-order valence-electron chi connectivity index (χ1n) is 0.752. The van der Waals surface area contributed by atoms with Crippen LogP contribution < -0.4 is 0 Å². The summed E-state index contributed by atoms with van der Waals surface area (Å²) in [5.41, 5.74) is 0. The molecule has 0 saturated carbocycles. The molecule has 3 nitrogen and oxygen atoms in total. The fourth-order valence-corrected chi connectivity index (χ4v) is 0. The molecule has 0 rings (SSSR count). The van der Waals surface area contributed by atoms with Crippen molar-refractivity contribution in [3.63, 3.8) is 0 Å². The van der Waals surface area contributed by atoms with Gasteiger partial charge in [-0.1, -0.05) is 0 Å². The Morgan fingerprint density at radius 3 is 1.43 bits per heavy atom. The Hall–Kier alpha value is 1.21. The molecule has 0 fully saturated rings. The summed E-state index contributed by atoms with van der Waals surface area (Å²) >= 11 is 0. The van der Waals surface area contributed by atoms with Crippen LogP contribution in [0.15, 0.2) is 0 Å². The fourth-order valence-electron chi connectivity index (χ4n) is 0. The second kappa shape index (κ2) is 5.35. The topological polar surface area (TPSA) is 57.5 Å². The Labute approximate surface area is 62.9 Å². The second-order valence-corrected chi connectivity index (χ2v) is 1.42. The van der Waals surface area contributed by atoms with Gasteiger partial charge in [-0.05, 0) is 0 Å². The maximum absolute atomic E-state index is 10.4. The van der Waals surface area contributed by atoms with E-state index in [1.165, 1.54) is 0 Å². The monoisotopic (exact) mass is 160 g/mol. The third kappa shape index (κ3) is 134. The molecule has 7 heteroatoms. The van der Waals surface area contributed by atoms with Crippen molar-refractivity contribution in [1.82, 2.24) is 0 Å². The first-order chi connectivity index (χ1) is 2.00. The van der Waals surface area contributed by atoms with Crippen molar-refractivity contribution >= 4 is 26.8 Å². The number of rotatable bonds is 0. The maximum atomic E-state index is 10.4. The average molecular weight is 160 g/mol. The van der Waals surface area contributed by atoms with Crippen molar-refractivity contribution < 1.29 is 35.9 Å². The molecule has 7 heavy (non-hydrogen) atoms. The van der Waals surface area contributed by atoms with Gasteiger partial charge in [-0.15, -0.1) is 4.20 Å². The Morgan fingerprint density at radius 1 is 1.43 bits per heavy atom. The van der Waals surface area contributed by atoms with Crippen molar-refractivity contribution in [3.8, 4) is 0 Å². The summed E-state index contributed by atoms with van der Waals surface area (Å²) in [5.74, 6) is 0. The van der Waals surface area contributed by atoms with Crippen molar-refractivity contribution in [2.75, 3.05) is 0 Å². The van der Waals surface area contributed by atoms with Crippen molar-refractivity contribution in [2.24, 2.45) is 0 Å². The van der Waals surface area contributed by atoms with Crippen LogP contribution in [0.4, 0.5) is 4.20 Å². The van der Waals surface area contributed by atoms with E-state index in [1.54, 1.807) is 0 Å². The van der Waals surface area contributed by atoms with E-state index < -0.39 is 7.91 Å². The Bertz CT molecular complexity index is 61.1. The van der Waals surface area contributed by atoms with Gasteiger partial charge in [0, 0.05) is 17.4 Å². The van der Waals surface area contributed by atoms with Crippen LogP contribution in [0.1, 0.15) is 0 Å². The van der Waals surface area contributed by atoms with E-state index in [-0.39, 0.29) is 36.2 Å². The van der Waals surface area contributed by atoms with E-state index in [4.69, 9.17) is 14.4 Å². The predicted molar refractivity (Wildman–Crippen MR) is 20.3 cm³/mol. The summed E-state index contributed by atoms with van der Waals surface area (Å²) in [6, 6.07) is 0. The van der Waals surface area contributed by atoms with Crippen molar-refractivity contribution in [2.45, 2.75) is 0 Å². The molecule has 0 aromatic heterocycles. The van der Waals surface area contributed by atoms with Crippen LogP contribution in [-0.4, -0.2) is 28.6 Å². The molecule has 0 atom stereocenters. The molecular weight excluding hydrogens is 157 g/mol. The minimum absolute atomic E-state index is 0. The zero-order chi connectivity index (χ0) is 4.50. The molecule has 0 heterocycles. The number of hydrogen-bond acceptors (Lipinski definition) is 1. The zero-order valence-corrected chi connectivity index (χ0v) is 4.71. The Kier molecular flexibility index (Phi) is 12.0. The zero-order valence-electron chi connectivity index (χ0n) is 2.54. The fraction of sp³-hybridized carbons (Fsp3) is 0. The van der Waals surface area contributed by atoms with Gasteiger partial charge in [0.1, 0.15) is 0 Å². The summed E-state index contributed by atoms with van der Waals surface area (Å²) in [7, 11) is -5.14. The van der Waals surface area contributed by atoms with Crippen molar-refractivity contribution in [1.29, 1.82) is 0 Å². The van der Waals surface area contributed by atoms with Gasteiger partial charge in [0.15, 0.2) is 0 Å². The molecule has 0 unspecified atom stereocenters. The molecule has 0 aliphatic heterocycles. The van der Waals surface area contributed by atoms with E-state index in [0.717, 1.165) is 0 Å². The van der Waals surface area contributed by atoms with Gasteiger partial charge < -0.3 is 0 Å². The molecule has 2 N–H and O–H groups in total. The summed E-state index contributed by atoms with van der Waals surface area (Å²) in [4.78, 5) is 13.9. The third-order valence-corrected chi connectivity index (χ3v) is 0. The van der Waals surface area contributed by atoms with E-state index >= 15 is 0 Å². The molecule has 0 aliphatic carbocycles. The standard InChI is InChI=1S/Cr.FH2O3P.Li.H/c;1-5(2,3)4;;/h;(H2,2,3,4);;. The molecule has 0 aromatic carbocycles. The van der Waals surface area contributed by atoms with Crippen molar-refractivity contribution in [3.05, 3.63) is 0 Å². The molecule has 0 bridgehead atoms. The minimum atomic E-state index is -5.14. The van der Waals surface area contributed by atoms with Gasteiger partial charge in [0.05, 0.1) is 0 Å². The number of hydrogen-bond donors (Lipinski definition) is 2. The molecule has 0 saturated heterocycles. The first kappa shape index (κ1) is 15.7. The van der Waals surface area contributed by atoms with Gasteiger partial charge in [-0.3, -0.25) is 9.79 Å². The molecular formula is H3CrFLiO3P. The van der Waals surface area contributed by atoms with Crippen LogP contribution in [0.3, 0.4) is 0 Å². The second-order valence-electron chi connectivity index (χ2n) is 0.473. The SMILES string of the molecule is O=P(O)(O)F.[Cr].[LiH]. The van der Waals surface area contributed by atoms with Gasteiger partial charge >= 0.3 is 26.8 Å². The molecule has 0 amide bonds. The predicted octanol–water partition coefficient (Wildman–Crippen LogP) is -0.602. The van der Waals surface area contributed by atoms with Gasteiger partial charge in [0.2, 0.25) is 0 Å². The van der Waals surface area contributed by atoms with Gasteiger partial charge in [-0.25, -0.2) is 4.57 Å². The van der Waals surface area contributed by atoms with Gasteiger partial charge in [-0.2, -0.15) is 0 Å². The Morgan fingerprint density at radius 2 is 1.43 bits per heavy atom. The van der Waals surface area contributed by atoms with E-state index in [0.29, 0.717) is 0 Å². The van der Waals surface area contributed by atoms with E-state index in [2.05, 4.69) is 0 Å². The molecule has 0 aliphatic rings. The quantitative estimate of drug-likeness (QED) is 0.367.